The minimum Gasteiger partial charge on any atom is -0.497 e. The molecule has 0 aliphatic rings. The molecule has 0 atom stereocenters. The molecule has 1 aromatic rings. The number of thioether (sulfide) groups is 1. The number of rotatable bonds is 2. The normalized spacial score (nSPS) is 9.40. The summed E-state index contributed by atoms with van der Waals surface area (Å²) in [6, 6.07) is 7.82. The highest BCUT2D eigenvalue weighted by Gasteiger charge is 1.91. The molecular weight excluding hydrogens is 144 g/mol. The molecule has 0 spiro atoms. The fourth-order valence-corrected chi connectivity index (χ4v) is 1.07. The van der Waals surface area contributed by atoms with Gasteiger partial charge in [-0.25, -0.2) is 0 Å². The minimum absolute atomic E-state index is 0.883. The molecule has 1 rings (SSSR count). The van der Waals surface area contributed by atoms with Gasteiger partial charge in [-0.2, -0.15) is 0 Å². The van der Waals surface area contributed by atoms with Gasteiger partial charge in [0.2, 0.25) is 0 Å². The first-order valence-corrected chi connectivity index (χ1v) is 3.91. The fraction of sp³-hybridized carbons (Fsp3) is 0.125. The molecule has 0 amide bonds. The van der Waals surface area contributed by atoms with Gasteiger partial charge in [-0.05, 0) is 18.2 Å². The molecule has 53 valence electrons. The SMILES string of the molecule is [CH2]Sc1cccc(OC)c1. The molecule has 1 radical (unpaired) electrons. The largest absolute Gasteiger partial charge is 0.497 e. The van der Waals surface area contributed by atoms with Crippen LogP contribution in [0.25, 0.3) is 0 Å². The molecule has 0 aliphatic carbocycles. The van der Waals surface area contributed by atoms with Crippen molar-refractivity contribution in [3.8, 4) is 5.75 Å². The summed E-state index contributed by atoms with van der Waals surface area (Å²) >= 11 is 1.47. The van der Waals surface area contributed by atoms with Gasteiger partial charge >= 0.3 is 0 Å². The van der Waals surface area contributed by atoms with Crippen LogP contribution in [0.3, 0.4) is 0 Å². The monoisotopic (exact) mass is 153 g/mol. The third-order valence-electron chi connectivity index (χ3n) is 1.21. The first-order valence-electron chi connectivity index (χ1n) is 2.93. The third-order valence-corrected chi connectivity index (χ3v) is 1.80. The molecule has 0 aromatic heterocycles. The minimum atomic E-state index is 0.883. The Morgan fingerprint density at radius 2 is 2.30 bits per heavy atom. The second-order valence-corrected chi connectivity index (χ2v) is 2.58. The predicted octanol–water partition coefficient (Wildman–Crippen LogP) is 2.58. The average molecular weight is 153 g/mol. The van der Waals surface area contributed by atoms with Gasteiger partial charge in [0.1, 0.15) is 5.75 Å². The van der Waals surface area contributed by atoms with Crippen LogP contribution in [0, 0.1) is 6.26 Å². The van der Waals surface area contributed by atoms with Gasteiger partial charge < -0.3 is 4.74 Å². The number of methoxy groups -OCH3 is 1. The van der Waals surface area contributed by atoms with E-state index in [2.05, 4.69) is 6.26 Å². The summed E-state index contributed by atoms with van der Waals surface area (Å²) in [5, 5.41) is 0. The summed E-state index contributed by atoms with van der Waals surface area (Å²) in [6.07, 6.45) is 3.69. The van der Waals surface area contributed by atoms with Gasteiger partial charge in [0.25, 0.3) is 0 Å². The van der Waals surface area contributed by atoms with E-state index in [1.54, 1.807) is 7.11 Å². The van der Waals surface area contributed by atoms with Crippen LogP contribution in [-0.2, 0) is 0 Å². The molecule has 2 heteroatoms. The van der Waals surface area contributed by atoms with E-state index in [-0.39, 0.29) is 0 Å². The summed E-state index contributed by atoms with van der Waals surface area (Å²) in [5.74, 6) is 0.883. The van der Waals surface area contributed by atoms with Crippen molar-refractivity contribution in [3.05, 3.63) is 30.5 Å². The van der Waals surface area contributed by atoms with Crippen molar-refractivity contribution in [3.63, 3.8) is 0 Å². The summed E-state index contributed by atoms with van der Waals surface area (Å²) in [6.45, 7) is 0. The zero-order valence-electron chi connectivity index (χ0n) is 5.83. The van der Waals surface area contributed by atoms with Crippen molar-refractivity contribution in [1.82, 2.24) is 0 Å². The molecule has 0 unspecified atom stereocenters. The van der Waals surface area contributed by atoms with E-state index >= 15 is 0 Å². The van der Waals surface area contributed by atoms with Crippen LogP contribution in [0.1, 0.15) is 0 Å². The Balaban J connectivity index is 2.87. The van der Waals surface area contributed by atoms with Crippen molar-refractivity contribution in [2.45, 2.75) is 4.90 Å². The maximum atomic E-state index is 5.02. The molecule has 0 fully saturated rings. The molecular formula is C8H9OS. The summed E-state index contributed by atoms with van der Waals surface area (Å²) in [4.78, 5) is 1.12. The lowest BCUT2D eigenvalue weighted by Crippen LogP contribution is -1.80. The lowest BCUT2D eigenvalue weighted by molar-refractivity contribution is 0.413. The fourth-order valence-electron chi connectivity index (χ4n) is 0.691. The zero-order valence-corrected chi connectivity index (χ0v) is 6.65. The predicted molar refractivity (Wildman–Crippen MR) is 44.2 cm³/mol. The second-order valence-electron chi connectivity index (χ2n) is 1.82. The van der Waals surface area contributed by atoms with E-state index in [4.69, 9.17) is 4.74 Å². The highest BCUT2D eigenvalue weighted by atomic mass is 32.2. The van der Waals surface area contributed by atoms with Gasteiger partial charge in [0.15, 0.2) is 0 Å². The van der Waals surface area contributed by atoms with Crippen molar-refractivity contribution in [1.29, 1.82) is 0 Å². The van der Waals surface area contributed by atoms with E-state index in [9.17, 15) is 0 Å². The summed E-state index contributed by atoms with van der Waals surface area (Å²) < 4.78 is 5.02. The van der Waals surface area contributed by atoms with Crippen molar-refractivity contribution >= 4 is 11.8 Å². The number of hydrogen-bond acceptors (Lipinski definition) is 2. The van der Waals surface area contributed by atoms with E-state index < -0.39 is 0 Å². The van der Waals surface area contributed by atoms with Gasteiger partial charge in [0.05, 0.1) is 7.11 Å². The molecule has 1 nitrogen and oxygen atoms in total. The maximum absolute atomic E-state index is 5.02. The average Bonchev–Trinajstić information content (AvgIpc) is 2.05. The molecule has 0 heterocycles. The van der Waals surface area contributed by atoms with E-state index in [1.807, 2.05) is 24.3 Å². The van der Waals surface area contributed by atoms with Gasteiger partial charge in [-0.1, -0.05) is 6.07 Å². The number of ether oxygens (including phenoxy) is 1. The van der Waals surface area contributed by atoms with Crippen molar-refractivity contribution in [2.75, 3.05) is 7.11 Å². The quantitative estimate of drug-likeness (QED) is 0.604. The Bertz CT molecular complexity index is 191. The Morgan fingerprint density at radius 1 is 1.50 bits per heavy atom. The molecule has 0 saturated heterocycles. The van der Waals surface area contributed by atoms with Crippen LogP contribution in [0.5, 0.6) is 5.75 Å². The molecule has 0 aliphatic heterocycles. The van der Waals surface area contributed by atoms with Crippen LogP contribution in [-0.4, -0.2) is 7.11 Å². The van der Waals surface area contributed by atoms with Gasteiger partial charge in [0, 0.05) is 11.2 Å². The van der Waals surface area contributed by atoms with Crippen LogP contribution < -0.4 is 4.74 Å². The van der Waals surface area contributed by atoms with Crippen molar-refractivity contribution in [2.24, 2.45) is 0 Å². The Labute approximate surface area is 65.4 Å². The van der Waals surface area contributed by atoms with E-state index in [0.717, 1.165) is 10.6 Å². The first-order chi connectivity index (χ1) is 4.86. The van der Waals surface area contributed by atoms with Gasteiger partial charge in [-0.15, -0.1) is 11.8 Å². The lowest BCUT2D eigenvalue weighted by atomic mass is 10.3. The van der Waals surface area contributed by atoms with Crippen LogP contribution in [0.2, 0.25) is 0 Å². The molecule has 0 N–H and O–H groups in total. The van der Waals surface area contributed by atoms with Crippen LogP contribution in [0.4, 0.5) is 0 Å². The summed E-state index contributed by atoms with van der Waals surface area (Å²) in [5.41, 5.74) is 0. The Morgan fingerprint density at radius 3 is 2.90 bits per heavy atom. The Kier molecular flexibility index (Phi) is 2.63. The van der Waals surface area contributed by atoms with Crippen molar-refractivity contribution < 1.29 is 4.74 Å². The molecule has 1 aromatic carbocycles. The molecule has 10 heavy (non-hydrogen) atoms. The maximum Gasteiger partial charge on any atom is 0.119 e. The zero-order chi connectivity index (χ0) is 7.40. The molecule has 0 bridgehead atoms. The van der Waals surface area contributed by atoms with Gasteiger partial charge in [-0.3, -0.25) is 0 Å². The second kappa shape index (κ2) is 3.52. The van der Waals surface area contributed by atoms with E-state index in [0.29, 0.717) is 0 Å². The third kappa shape index (κ3) is 1.67. The highest BCUT2D eigenvalue weighted by Crippen LogP contribution is 2.20. The highest BCUT2D eigenvalue weighted by molar-refractivity contribution is 8.00. The van der Waals surface area contributed by atoms with E-state index in [1.165, 1.54) is 11.8 Å². The topological polar surface area (TPSA) is 9.23 Å². The van der Waals surface area contributed by atoms with Crippen LogP contribution >= 0.6 is 11.8 Å². The molecule has 0 saturated carbocycles. The number of hydrogen-bond donors (Lipinski definition) is 0. The Hall–Kier alpha value is -0.630. The van der Waals surface area contributed by atoms with Crippen LogP contribution in [0.15, 0.2) is 29.2 Å². The lowest BCUT2D eigenvalue weighted by Gasteiger charge is -1.99. The smallest absolute Gasteiger partial charge is 0.119 e. The number of benzene rings is 1. The summed E-state index contributed by atoms with van der Waals surface area (Å²) in [7, 11) is 1.66. The first kappa shape index (κ1) is 7.48. The standard InChI is InChI=1S/C8H9OS/c1-9-7-4-3-5-8(6-7)10-2/h3-6H,2H2,1H3.